The van der Waals surface area contributed by atoms with E-state index in [-0.39, 0.29) is 0 Å². The summed E-state index contributed by atoms with van der Waals surface area (Å²) in [6, 6.07) is 7.86. The van der Waals surface area contributed by atoms with Crippen LogP contribution >= 0.6 is 23.3 Å². The zero-order chi connectivity index (χ0) is 16.5. The van der Waals surface area contributed by atoms with Crippen molar-refractivity contribution in [1.29, 1.82) is 0 Å². The Morgan fingerprint density at radius 3 is 2.88 bits per heavy atom. The summed E-state index contributed by atoms with van der Waals surface area (Å²) < 4.78 is 12.9. The summed E-state index contributed by atoms with van der Waals surface area (Å²) in [5, 5.41) is 9.58. The van der Waals surface area contributed by atoms with E-state index in [2.05, 4.69) is 31.0 Å². The van der Waals surface area contributed by atoms with Crippen molar-refractivity contribution in [1.82, 2.24) is 24.1 Å². The highest BCUT2D eigenvalue weighted by Gasteiger charge is 2.28. The summed E-state index contributed by atoms with van der Waals surface area (Å²) in [5.74, 6) is 3.16. The van der Waals surface area contributed by atoms with Gasteiger partial charge in [-0.15, -0.1) is 10.2 Å². The van der Waals surface area contributed by atoms with Crippen LogP contribution in [0.15, 0.2) is 33.8 Å². The van der Waals surface area contributed by atoms with Gasteiger partial charge in [-0.1, -0.05) is 12.1 Å². The quantitative estimate of drug-likeness (QED) is 0.666. The second-order valence-electron chi connectivity index (χ2n) is 5.55. The molecule has 1 aliphatic carbocycles. The maximum Gasteiger partial charge on any atom is 0.198 e. The number of methoxy groups -OCH3 is 1. The molecule has 0 saturated heterocycles. The van der Waals surface area contributed by atoms with Gasteiger partial charge in [-0.05, 0) is 55.2 Å². The van der Waals surface area contributed by atoms with Crippen LogP contribution in [0.25, 0.3) is 11.4 Å². The minimum absolute atomic E-state index is 0.573. The fraction of sp³-hybridized carbons (Fsp3) is 0.375. The first-order valence-corrected chi connectivity index (χ1v) is 9.47. The molecule has 0 atom stereocenters. The second kappa shape index (κ2) is 6.52. The van der Waals surface area contributed by atoms with Gasteiger partial charge in [-0.2, -0.15) is 4.37 Å². The van der Waals surface area contributed by atoms with E-state index < -0.39 is 0 Å². The normalized spacial score (nSPS) is 14.1. The summed E-state index contributed by atoms with van der Waals surface area (Å²) >= 11 is 2.97. The maximum atomic E-state index is 5.46. The molecule has 0 aliphatic heterocycles. The van der Waals surface area contributed by atoms with Gasteiger partial charge in [-0.25, -0.2) is 4.98 Å². The molecule has 0 spiro atoms. The molecule has 24 heavy (non-hydrogen) atoms. The van der Waals surface area contributed by atoms with Crippen molar-refractivity contribution in [3.8, 4) is 17.1 Å². The molecule has 1 aromatic carbocycles. The maximum absolute atomic E-state index is 5.46. The first kappa shape index (κ1) is 15.6. The molecule has 2 aromatic heterocycles. The Balaban J connectivity index is 1.65. The largest absolute Gasteiger partial charge is 0.496 e. The third-order valence-corrected chi connectivity index (χ3v) is 5.68. The van der Waals surface area contributed by atoms with E-state index in [1.165, 1.54) is 36.1 Å². The van der Waals surface area contributed by atoms with Crippen molar-refractivity contribution in [2.24, 2.45) is 0 Å². The lowest BCUT2D eigenvalue weighted by atomic mass is 10.2. The second-order valence-corrected chi connectivity index (χ2v) is 7.51. The molecule has 0 unspecified atom stereocenters. The lowest BCUT2D eigenvalue weighted by molar-refractivity contribution is 0.416. The van der Waals surface area contributed by atoms with Crippen LogP contribution in [-0.2, 0) is 6.54 Å². The minimum Gasteiger partial charge on any atom is -0.496 e. The zero-order valence-electron chi connectivity index (χ0n) is 13.5. The van der Waals surface area contributed by atoms with Gasteiger partial charge in [0.1, 0.15) is 11.6 Å². The highest BCUT2D eigenvalue weighted by Crippen LogP contribution is 2.40. The molecular weight excluding hydrogens is 342 g/mol. The molecule has 0 radical (unpaired) electrons. The highest BCUT2D eigenvalue weighted by atomic mass is 32.2. The summed E-state index contributed by atoms with van der Waals surface area (Å²) in [4.78, 5) is 4.62. The van der Waals surface area contributed by atoms with Crippen LogP contribution in [0, 0.1) is 0 Å². The molecule has 1 saturated carbocycles. The van der Waals surface area contributed by atoms with Crippen molar-refractivity contribution in [2.75, 3.05) is 7.11 Å². The number of hydrogen-bond donors (Lipinski definition) is 0. The third kappa shape index (κ3) is 2.91. The molecule has 0 amide bonds. The first-order chi connectivity index (χ1) is 11.8. The molecule has 1 aliphatic rings. The van der Waals surface area contributed by atoms with Crippen molar-refractivity contribution in [3.63, 3.8) is 0 Å². The SMILES string of the molecule is CCn1c(Sc2nc(C3CC3)ns2)nnc1-c1ccccc1OC. The van der Waals surface area contributed by atoms with Crippen molar-refractivity contribution in [2.45, 2.75) is 41.7 Å². The number of ether oxygens (including phenoxy) is 1. The van der Waals surface area contributed by atoms with Crippen molar-refractivity contribution < 1.29 is 4.74 Å². The molecule has 0 bridgehead atoms. The smallest absolute Gasteiger partial charge is 0.198 e. The average Bonchev–Trinajstić information content (AvgIpc) is 3.23. The van der Waals surface area contributed by atoms with Crippen LogP contribution in [0.2, 0.25) is 0 Å². The zero-order valence-corrected chi connectivity index (χ0v) is 15.1. The number of nitrogens with zero attached hydrogens (tertiary/aromatic N) is 5. The molecule has 124 valence electrons. The van der Waals surface area contributed by atoms with Gasteiger partial charge in [0.05, 0.1) is 12.7 Å². The molecule has 6 nitrogen and oxygen atoms in total. The van der Waals surface area contributed by atoms with Crippen LogP contribution in [0.1, 0.15) is 31.5 Å². The van der Waals surface area contributed by atoms with E-state index in [1.807, 2.05) is 24.3 Å². The lowest BCUT2D eigenvalue weighted by Crippen LogP contribution is -2.00. The predicted octanol–water partition coefficient (Wildman–Crippen LogP) is 3.85. The van der Waals surface area contributed by atoms with Gasteiger partial charge in [0.25, 0.3) is 0 Å². The fourth-order valence-electron chi connectivity index (χ4n) is 2.52. The lowest BCUT2D eigenvalue weighted by Gasteiger charge is -2.09. The Labute approximate surface area is 148 Å². The molecule has 8 heteroatoms. The first-order valence-electron chi connectivity index (χ1n) is 7.88. The Hall–Kier alpha value is -1.93. The fourth-order valence-corrected chi connectivity index (χ4v) is 4.21. The van der Waals surface area contributed by atoms with Crippen molar-refractivity contribution >= 4 is 23.3 Å². The standard InChI is InChI=1S/C16H17N5OS2/c1-3-21-14(11-6-4-5-7-12(11)22-2)18-19-15(21)23-16-17-13(20-24-16)10-8-9-10/h4-7,10H,3,8-9H2,1-2H3. The van der Waals surface area contributed by atoms with Gasteiger partial charge < -0.3 is 9.30 Å². The van der Waals surface area contributed by atoms with Gasteiger partial charge in [-0.3, -0.25) is 0 Å². The van der Waals surface area contributed by atoms with Gasteiger partial charge in [0.2, 0.25) is 0 Å². The van der Waals surface area contributed by atoms with Crippen LogP contribution in [0.3, 0.4) is 0 Å². The van der Waals surface area contributed by atoms with Crippen LogP contribution in [0.5, 0.6) is 5.75 Å². The van der Waals surface area contributed by atoms with E-state index in [0.29, 0.717) is 5.92 Å². The van der Waals surface area contributed by atoms with E-state index in [0.717, 1.165) is 39.0 Å². The Kier molecular flexibility index (Phi) is 4.24. The average molecular weight is 359 g/mol. The Morgan fingerprint density at radius 1 is 1.29 bits per heavy atom. The molecule has 2 heterocycles. The van der Waals surface area contributed by atoms with Crippen LogP contribution in [0.4, 0.5) is 0 Å². The monoisotopic (exact) mass is 359 g/mol. The summed E-state index contributed by atoms with van der Waals surface area (Å²) in [5.41, 5.74) is 0.942. The molecule has 3 aromatic rings. The number of para-hydroxylation sites is 1. The minimum atomic E-state index is 0.573. The van der Waals surface area contributed by atoms with E-state index in [4.69, 9.17) is 4.74 Å². The molecule has 1 fully saturated rings. The summed E-state index contributed by atoms with van der Waals surface area (Å²) in [6.07, 6.45) is 2.42. The van der Waals surface area contributed by atoms with E-state index >= 15 is 0 Å². The highest BCUT2D eigenvalue weighted by molar-refractivity contribution is 8.00. The molecule has 0 N–H and O–H groups in total. The van der Waals surface area contributed by atoms with Gasteiger partial charge >= 0.3 is 0 Å². The van der Waals surface area contributed by atoms with E-state index in [9.17, 15) is 0 Å². The molecular formula is C16H17N5OS2. The topological polar surface area (TPSA) is 65.7 Å². The number of benzene rings is 1. The predicted molar refractivity (Wildman–Crippen MR) is 93.7 cm³/mol. The van der Waals surface area contributed by atoms with Gasteiger partial charge in [0.15, 0.2) is 15.3 Å². The van der Waals surface area contributed by atoms with E-state index in [1.54, 1.807) is 7.11 Å². The van der Waals surface area contributed by atoms with Crippen LogP contribution in [-0.4, -0.2) is 31.2 Å². The summed E-state index contributed by atoms with van der Waals surface area (Å²) in [6.45, 7) is 2.86. The molecule has 4 rings (SSSR count). The van der Waals surface area contributed by atoms with Crippen LogP contribution < -0.4 is 4.74 Å². The van der Waals surface area contributed by atoms with Crippen molar-refractivity contribution in [3.05, 3.63) is 30.1 Å². The summed E-state index contributed by atoms with van der Waals surface area (Å²) in [7, 11) is 1.67. The Bertz CT molecular complexity index is 856. The Morgan fingerprint density at radius 2 is 2.12 bits per heavy atom. The number of rotatable bonds is 6. The van der Waals surface area contributed by atoms with Gasteiger partial charge in [0, 0.05) is 12.5 Å². The third-order valence-electron chi connectivity index (χ3n) is 3.93. The number of hydrogen-bond acceptors (Lipinski definition) is 7. The number of aromatic nitrogens is 5.